The predicted octanol–water partition coefficient (Wildman–Crippen LogP) is 1.13. The van der Waals surface area contributed by atoms with Crippen LogP contribution in [0.3, 0.4) is 0 Å². The fourth-order valence-electron chi connectivity index (χ4n) is 4.17. The van der Waals surface area contributed by atoms with Gasteiger partial charge in [-0.3, -0.25) is 9.48 Å². The maximum absolute atomic E-state index is 12.9. The fraction of sp³-hybridized carbons (Fsp3) is 0.421. The molecule has 136 valence electrons. The van der Waals surface area contributed by atoms with Crippen molar-refractivity contribution in [3.05, 3.63) is 47.8 Å². The number of fused-ring (bicyclic) bond motifs is 1. The molecule has 1 amide bonds. The number of carboxylic acid groups (broad SMARTS) is 1. The highest BCUT2D eigenvalue weighted by Crippen LogP contribution is 2.31. The van der Waals surface area contributed by atoms with Gasteiger partial charge in [0.2, 0.25) is 5.91 Å². The molecule has 26 heavy (non-hydrogen) atoms. The van der Waals surface area contributed by atoms with Crippen LogP contribution in [-0.4, -0.2) is 44.9 Å². The van der Waals surface area contributed by atoms with Crippen molar-refractivity contribution in [3.63, 3.8) is 0 Å². The summed E-state index contributed by atoms with van der Waals surface area (Å²) in [6, 6.07) is 7.11. The van der Waals surface area contributed by atoms with Gasteiger partial charge >= 0.3 is 5.97 Å². The smallest absolute Gasteiger partial charge is 0.326 e. The van der Waals surface area contributed by atoms with Crippen LogP contribution < -0.4 is 10.2 Å². The van der Waals surface area contributed by atoms with Gasteiger partial charge in [0.25, 0.3) is 0 Å². The second-order valence-corrected chi connectivity index (χ2v) is 7.11. The number of rotatable bonds is 4. The molecule has 1 fully saturated rings. The maximum atomic E-state index is 12.9. The van der Waals surface area contributed by atoms with E-state index in [9.17, 15) is 14.7 Å². The molecule has 0 radical (unpaired) electrons. The number of nitrogens with one attached hydrogen (secondary N) is 1. The van der Waals surface area contributed by atoms with Crippen molar-refractivity contribution in [2.24, 2.45) is 7.05 Å². The number of hydrogen-bond acceptors (Lipinski definition) is 4. The number of nitrogens with zero attached hydrogens (tertiary/aromatic N) is 3. The molecule has 0 spiro atoms. The number of carbonyl (C=O) groups is 2. The van der Waals surface area contributed by atoms with Crippen LogP contribution in [0.15, 0.2) is 36.7 Å². The van der Waals surface area contributed by atoms with Crippen LogP contribution in [0.1, 0.15) is 24.0 Å². The first-order valence-corrected chi connectivity index (χ1v) is 8.90. The highest BCUT2D eigenvalue weighted by molar-refractivity contribution is 5.90. The molecule has 2 heterocycles. The minimum Gasteiger partial charge on any atom is -0.480 e. The van der Waals surface area contributed by atoms with Gasteiger partial charge in [-0.1, -0.05) is 24.3 Å². The molecular formula is C19H22N4O3. The first-order valence-electron chi connectivity index (χ1n) is 8.90. The Hall–Kier alpha value is -2.83. The van der Waals surface area contributed by atoms with E-state index in [1.54, 1.807) is 29.0 Å². The van der Waals surface area contributed by atoms with E-state index in [0.717, 1.165) is 12.8 Å². The second kappa shape index (κ2) is 6.48. The molecule has 0 bridgehead atoms. The molecule has 4 rings (SSSR count). The van der Waals surface area contributed by atoms with Crippen LogP contribution in [0, 0.1) is 0 Å². The van der Waals surface area contributed by atoms with E-state index < -0.39 is 18.1 Å². The van der Waals surface area contributed by atoms with Gasteiger partial charge in [-0.05, 0) is 36.8 Å². The molecule has 1 saturated heterocycles. The molecule has 1 aliphatic carbocycles. The topological polar surface area (TPSA) is 87.5 Å². The van der Waals surface area contributed by atoms with Crippen LogP contribution in [0.2, 0.25) is 0 Å². The van der Waals surface area contributed by atoms with E-state index in [-0.39, 0.29) is 11.9 Å². The summed E-state index contributed by atoms with van der Waals surface area (Å²) in [5, 5.41) is 16.8. The summed E-state index contributed by atoms with van der Waals surface area (Å²) in [5.74, 6) is -1.01. The Morgan fingerprint density at radius 1 is 1.15 bits per heavy atom. The second-order valence-electron chi connectivity index (χ2n) is 7.11. The van der Waals surface area contributed by atoms with Crippen LogP contribution in [0.5, 0.6) is 0 Å². The summed E-state index contributed by atoms with van der Waals surface area (Å²) < 4.78 is 1.62. The number of aliphatic carboxylic acids is 1. The summed E-state index contributed by atoms with van der Waals surface area (Å²) in [4.78, 5) is 26.3. The normalized spacial score (nSPS) is 22.4. The molecule has 7 heteroatoms. The van der Waals surface area contributed by atoms with Crippen molar-refractivity contribution >= 4 is 17.6 Å². The molecular weight excluding hydrogens is 332 g/mol. The summed E-state index contributed by atoms with van der Waals surface area (Å²) in [6.45, 7) is 0. The molecule has 2 aliphatic rings. The van der Waals surface area contributed by atoms with Crippen LogP contribution >= 0.6 is 0 Å². The lowest BCUT2D eigenvalue weighted by atomic mass is 10.1. The zero-order valence-corrected chi connectivity index (χ0v) is 14.6. The molecule has 2 aromatic rings. The van der Waals surface area contributed by atoms with E-state index in [0.29, 0.717) is 18.5 Å². The quantitative estimate of drug-likeness (QED) is 0.859. The minimum atomic E-state index is -0.905. The summed E-state index contributed by atoms with van der Waals surface area (Å²) >= 11 is 0. The maximum Gasteiger partial charge on any atom is 0.326 e. The van der Waals surface area contributed by atoms with Crippen LogP contribution in [0.25, 0.3) is 0 Å². The summed E-state index contributed by atoms with van der Waals surface area (Å²) in [6.07, 6.45) is 6.00. The largest absolute Gasteiger partial charge is 0.480 e. The van der Waals surface area contributed by atoms with E-state index in [2.05, 4.69) is 22.5 Å². The van der Waals surface area contributed by atoms with Gasteiger partial charge < -0.3 is 15.3 Å². The van der Waals surface area contributed by atoms with Gasteiger partial charge in [-0.2, -0.15) is 5.10 Å². The number of anilines is 1. The predicted molar refractivity (Wildman–Crippen MR) is 95.9 cm³/mol. The first-order chi connectivity index (χ1) is 12.5. The van der Waals surface area contributed by atoms with Gasteiger partial charge in [-0.25, -0.2) is 4.79 Å². The Morgan fingerprint density at radius 2 is 1.81 bits per heavy atom. The van der Waals surface area contributed by atoms with Crippen molar-refractivity contribution in [3.8, 4) is 0 Å². The van der Waals surface area contributed by atoms with Crippen molar-refractivity contribution < 1.29 is 14.7 Å². The van der Waals surface area contributed by atoms with E-state index in [4.69, 9.17) is 0 Å². The Balaban J connectivity index is 1.50. The van der Waals surface area contributed by atoms with Crippen molar-refractivity contribution in [2.45, 2.75) is 43.8 Å². The first kappa shape index (κ1) is 16.6. The van der Waals surface area contributed by atoms with Crippen molar-refractivity contribution in [2.75, 3.05) is 4.90 Å². The molecule has 2 N–H and O–H groups in total. The molecule has 7 nitrogen and oxygen atoms in total. The zero-order valence-electron chi connectivity index (χ0n) is 14.6. The molecule has 1 aliphatic heterocycles. The van der Waals surface area contributed by atoms with Gasteiger partial charge in [0.1, 0.15) is 12.1 Å². The number of amides is 1. The van der Waals surface area contributed by atoms with Gasteiger partial charge in [-0.15, -0.1) is 0 Å². The molecule has 2 atom stereocenters. The third-order valence-electron chi connectivity index (χ3n) is 5.36. The lowest BCUT2D eigenvalue weighted by Gasteiger charge is -2.29. The monoisotopic (exact) mass is 354 g/mol. The fourth-order valence-corrected chi connectivity index (χ4v) is 4.17. The van der Waals surface area contributed by atoms with Crippen LogP contribution in [0.4, 0.5) is 5.69 Å². The number of aryl methyl sites for hydroxylation is 1. The lowest BCUT2D eigenvalue weighted by Crippen LogP contribution is -2.50. The average molecular weight is 354 g/mol. The van der Waals surface area contributed by atoms with Gasteiger partial charge in [0.15, 0.2) is 0 Å². The summed E-state index contributed by atoms with van der Waals surface area (Å²) in [5.41, 5.74) is 3.22. The van der Waals surface area contributed by atoms with Crippen molar-refractivity contribution in [1.82, 2.24) is 15.1 Å². The van der Waals surface area contributed by atoms with Crippen molar-refractivity contribution in [1.29, 1.82) is 0 Å². The Kier molecular flexibility index (Phi) is 4.14. The van der Waals surface area contributed by atoms with Gasteiger partial charge in [0.05, 0.1) is 11.9 Å². The zero-order chi connectivity index (χ0) is 18.3. The molecule has 1 aromatic heterocycles. The Bertz CT molecular complexity index is 822. The number of carboxylic acids is 1. The number of benzene rings is 1. The number of aromatic nitrogens is 2. The third-order valence-corrected chi connectivity index (χ3v) is 5.36. The number of hydrogen-bond donors (Lipinski definition) is 2. The van der Waals surface area contributed by atoms with E-state index >= 15 is 0 Å². The number of carbonyl (C=O) groups excluding carboxylic acids is 1. The minimum absolute atomic E-state index is 0.0690. The highest BCUT2D eigenvalue weighted by Gasteiger charge is 2.42. The SMILES string of the molecule is Cn1cc(N2C(C(=O)O)CCC2C(=O)NC2Cc3ccccc3C2)cn1. The highest BCUT2D eigenvalue weighted by atomic mass is 16.4. The molecule has 2 unspecified atom stereocenters. The van der Waals surface area contributed by atoms with E-state index in [1.807, 2.05) is 12.1 Å². The third kappa shape index (κ3) is 2.94. The Labute approximate surface area is 151 Å². The molecule has 1 aromatic carbocycles. The standard InChI is InChI=1S/C19H22N4O3/c1-22-11-15(10-20-22)23-16(6-7-17(23)19(25)26)18(24)21-14-8-12-4-2-3-5-13(12)9-14/h2-5,10-11,14,16-17H,6-9H2,1H3,(H,21,24)(H,25,26). The Morgan fingerprint density at radius 3 is 2.38 bits per heavy atom. The average Bonchev–Trinajstić information content (AvgIpc) is 3.30. The lowest BCUT2D eigenvalue weighted by molar-refractivity contribution is -0.138. The molecule has 0 saturated carbocycles. The van der Waals surface area contributed by atoms with Gasteiger partial charge in [0, 0.05) is 19.3 Å². The van der Waals surface area contributed by atoms with Crippen LogP contribution in [-0.2, 0) is 29.5 Å². The van der Waals surface area contributed by atoms with E-state index in [1.165, 1.54) is 11.1 Å². The summed E-state index contributed by atoms with van der Waals surface area (Å²) in [7, 11) is 1.78.